The highest BCUT2D eigenvalue weighted by molar-refractivity contribution is 5.53. The van der Waals surface area contributed by atoms with Crippen molar-refractivity contribution in [1.29, 1.82) is 0 Å². The Morgan fingerprint density at radius 2 is 1.77 bits per heavy atom. The van der Waals surface area contributed by atoms with E-state index in [1.54, 1.807) is 14.2 Å². The van der Waals surface area contributed by atoms with Crippen molar-refractivity contribution in [1.82, 2.24) is 9.97 Å². The Labute approximate surface area is 155 Å². The first-order valence-electron chi connectivity index (χ1n) is 9.08. The summed E-state index contributed by atoms with van der Waals surface area (Å²) in [6.07, 6.45) is 0.952. The number of anilines is 2. The number of hydrogen-bond donors (Lipinski definition) is 1. The van der Waals surface area contributed by atoms with Gasteiger partial charge in [-0.1, -0.05) is 13.8 Å². The number of methoxy groups -OCH3 is 2. The number of aryl methyl sites for hydroxylation is 1. The van der Waals surface area contributed by atoms with Gasteiger partial charge in [0.15, 0.2) is 11.5 Å². The van der Waals surface area contributed by atoms with Crippen molar-refractivity contribution in [3.05, 3.63) is 35.0 Å². The Kier molecular flexibility index (Phi) is 5.49. The van der Waals surface area contributed by atoms with Crippen LogP contribution in [0.5, 0.6) is 11.5 Å². The SMILES string of the molecule is COc1cc2c(cc1OC)CN(c1cc(C)nc(NCC(C)C)n1)CC2. The van der Waals surface area contributed by atoms with Crippen LogP contribution in [0.15, 0.2) is 18.2 Å². The van der Waals surface area contributed by atoms with Crippen molar-refractivity contribution < 1.29 is 9.47 Å². The molecule has 1 N–H and O–H groups in total. The van der Waals surface area contributed by atoms with Gasteiger partial charge in [-0.05, 0) is 42.5 Å². The number of benzene rings is 1. The highest BCUT2D eigenvalue weighted by atomic mass is 16.5. The van der Waals surface area contributed by atoms with Crippen LogP contribution in [-0.4, -0.2) is 37.3 Å². The summed E-state index contributed by atoms with van der Waals surface area (Å²) in [5.74, 6) is 3.77. The van der Waals surface area contributed by atoms with Gasteiger partial charge in [0.25, 0.3) is 0 Å². The molecule has 0 spiro atoms. The van der Waals surface area contributed by atoms with Crippen LogP contribution in [0.4, 0.5) is 11.8 Å². The Morgan fingerprint density at radius 1 is 1.08 bits per heavy atom. The third-order valence-electron chi connectivity index (χ3n) is 4.55. The lowest BCUT2D eigenvalue weighted by atomic mass is 9.99. The van der Waals surface area contributed by atoms with Gasteiger partial charge >= 0.3 is 0 Å². The van der Waals surface area contributed by atoms with E-state index in [2.05, 4.69) is 41.2 Å². The van der Waals surface area contributed by atoms with Gasteiger partial charge in [0.1, 0.15) is 5.82 Å². The van der Waals surface area contributed by atoms with E-state index in [-0.39, 0.29) is 0 Å². The van der Waals surface area contributed by atoms with Crippen LogP contribution >= 0.6 is 0 Å². The molecule has 26 heavy (non-hydrogen) atoms. The molecule has 0 radical (unpaired) electrons. The normalized spacial score (nSPS) is 13.5. The second-order valence-electron chi connectivity index (χ2n) is 7.11. The molecule has 140 valence electrons. The average molecular weight is 356 g/mol. The van der Waals surface area contributed by atoms with Crippen LogP contribution in [0.3, 0.4) is 0 Å². The van der Waals surface area contributed by atoms with Gasteiger partial charge in [-0.15, -0.1) is 0 Å². The molecule has 0 atom stereocenters. The molecule has 0 aliphatic carbocycles. The summed E-state index contributed by atoms with van der Waals surface area (Å²) in [6.45, 7) is 8.94. The molecule has 0 unspecified atom stereocenters. The van der Waals surface area contributed by atoms with E-state index in [1.807, 2.05) is 13.0 Å². The first kappa shape index (κ1) is 18.3. The molecule has 6 nitrogen and oxygen atoms in total. The smallest absolute Gasteiger partial charge is 0.224 e. The van der Waals surface area contributed by atoms with Crippen molar-refractivity contribution >= 4 is 11.8 Å². The molecule has 1 aromatic carbocycles. The minimum absolute atomic E-state index is 0.548. The second kappa shape index (κ2) is 7.81. The molecule has 6 heteroatoms. The zero-order valence-electron chi connectivity index (χ0n) is 16.3. The molecule has 1 aliphatic rings. The minimum Gasteiger partial charge on any atom is -0.493 e. The molecule has 2 aromatic rings. The molecule has 2 heterocycles. The molecule has 3 rings (SSSR count). The largest absolute Gasteiger partial charge is 0.493 e. The van der Waals surface area contributed by atoms with E-state index >= 15 is 0 Å². The van der Waals surface area contributed by atoms with Crippen molar-refractivity contribution in [2.75, 3.05) is 37.5 Å². The van der Waals surface area contributed by atoms with Gasteiger partial charge in [0.2, 0.25) is 5.95 Å². The first-order valence-corrected chi connectivity index (χ1v) is 9.08. The molecule has 0 bridgehead atoms. The summed E-state index contributed by atoms with van der Waals surface area (Å²) in [7, 11) is 3.35. The van der Waals surface area contributed by atoms with Crippen LogP contribution in [-0.2, 0) is 13.0 Å². The minimum atomic E-state index is 0.548. The third-order valence-corrected chi connectivity index (χ3v) is 4.55. The van der Waals surface area contributed by atoms with Gasteiger partial charge in [-0.25, -0.2) is 4.98 Å². The van der Waals surface area contributed by atoms with E-state index in [0.717, 1.165) is 49.1 Å². The lowest BCUT2D eigenvalue weighted by Gasteiger charge is -2.30. The lowest BCUT2D eigenvalue weighted by Crippen LogP contribution is -2.31. The summed E-state index contributed by atoms with van der Waals surface area (Å²) >= 11 is 0. The van der Waals surface area contributed by atoms with E-state index in [1.165, 1.54) is 11.1 Å². The number of hydrogen-bond acceptors (Lipinski definition) is 6. The Morgan fingerprint density at radius 3 is 2.42 bits per heavy atom. The number of nitrogens with zero attached hydrogens (tertiary/aromatic N) is 3. The van der Waals surface area contributed by atoms with Gasteiger partial charge in [0.05, 0.1) is 14.2 Å². The highest BCUT2D eigenvalue weighted by Crippen LogP contribution is 2.34. The summed E-state index contributed by atoms with van der Waals surface area (Å²) in [6, 6.07) is 6.21. The Hall–Kier alpha value is -2.50. The summed E-state index contributed by atoms with van der Waals surface area (Å²) in [5, 5.41) is 3.33. The van der Waals surface area contributed by atoms with E-state index < -0.39 is 0 Å². The standard InChI is InChI=1S/C20H28N4O2/c1-13(2)11-21-20-22-14(3)8-19(23-20)24-7-6-15-9-17(25-4)18(26-5)10-16(15)12-24/h8-10,13H,6-7,11-12H2,1-5H3,(H,21,22,23). The van der Waals surface area contributed by atoms with Gasteiger partial charge < -0.3 is 19.7 Å². The monoisotopic (exact) mass is 356 g/mol. The predicted octanol–water partition coefficient (Wildman–Crippen LogP) is 3.43. The summed E-state index contributed by atoms with van der Waals surface area (Å²) in [4.78, 5) is 11.5. The molecule has 0 saturated carbocycles. The van der Waals surface area contributed by atoms with Crippen molar-refractivity contribution in [3.8, 4) is 11.5 Å². The van der Waals surface area contributed by atoms with Crippen LogP contribution in [0.25, 0.3) is 0 Å². The van der Waals surface area contributed by atoms with Gasteiger partial charge in [0, 0.05) is 31.4 Å². The zero-order valence-corrected chi connectivity index (χ0v) is 16.3. The van der Waals surface area contributed by atoms with E-state index in [0.29, 0.717) is 11.9 Å². The van der Waals surface area contributed by atoms with Crippen LogP contribution in [0.2, 0.25) is 0 Å². The van der Waals surface area contributed by atoms with Crippen molar-refractivity contribution in [2.45, 2.75) is 33.7 Å². The molecular formula is C20H28N4O2. The van der Waals surface area contributed by atoms with Crippen molar-refractivity contribution in [2.24, 2.45) is 5.92 Å². The summed E-state index contributed by atoms with van der Waals surface area (Å²) in [5.41, 5.74) is 3.53. The predicted molar refractivity (Wildman–Crippen MR) is 104 cm³/mol. The third kappa shape index (κ3) is 4.00. The Bertz CT molecular complexity index is 777. The number of aromatic nitrogens is 2. The maximum absolute atomic E-state index is 5.46. The maximum atomic E-state index is 5.46. The van der Waals surface area contributed by atoms with Crippen LogP contribution < -0.4 is 19.7 Å². The van der Waals surface area contributed by atoms with E-state index in [4.69, 9.17) is 14.5 Å². The van der Waals surface area contributed by atoms with E-state index in [9.17, 15) is 0 Å². The average Bonchev–Trinajstić information content (AvgIpc) is 2.64. The van der Waals surface area contributed by atoms with Crippen molar-refractivity contribution in [3.63, 3.8) is 0 Å². The fraction of sp³-hybridized carbons (Fsp3) is 0.500. The Balaban J connectivity index is 1.84. The number of ether oxygens (including phenoxy) is 2. The fourth-order valence-electron chi connectivity index (χ4n) is 3.17. The number of fused-ring (bicyclic) bond motifs is 1. The number of rotatable bonds is 6. The maximum Gasteiger partial charge on any atom is 0.224 e. The van der Waals surface area contributed by atoms with Gasteiger partial charge in [-0.3, -0.25) is 0 Å². The molecule has 0 amide bonds. The second-order valence-corrected chi connectivity index (χ2v) is 7.11. The van der Waals surface area contributed by atoms with Gasteiger partial charge in [-0.2, -0.15) is 4.98 Å². The topological polar surface area (TPSA) is 59.5 Å². The van der Waals surface area contributed by atoms with Crippen LogP contribution in [0.1, 0.15) is 30.7 Å². The molecule has 0 fully saturated rings. The van der Waals surface area contributed by atoms with Crippen LogP contribution in [0, 0.1) is 12.8 Å². The lowest BCUT2D eigenvalue weighted by molar-refractivity contribution is 0.353. The highest BCUT2D eigenvalue weighted by Gasteiger charge is 2.21. The molecule has 0 saturated heterocycles. The molecular weight excluding hydrogens is 328 g/mol. The first-order chi connectivity index (χ1) is 12.5. The quantitative estimate of drug-likeness (QED) is 0.856. The number of nitrogens with one attached hydrogen (secondary N) is 1. The molecule has 1 aliphatic heterocycles. The summed E-state index contributed by atoms with van der Waals surface area (Å²) < 4.78 is 10.9. The molecule has 1 aromatic heterocycles. The fourth-order valence-corrected chi connectivity index (χ4v) is 3.17. The zero-order chi connectivity index (χ0) is 18.7.